The molecule has 1 saturated heterocycles. The predicted octanol–water partition coefficient (Wildman–Crippen LogP) is 1.07. The highest BCUT2D eigenvalue weighted by molar-refractivity contribution is 5.15. The van der Waals surface area contributed by atoms with E-state index in [-0.39, 0.29) is 6.10 Å². The zero-order valence-corrected chi connectivity index (χ0v) is 9.86. The number of rotatable bonds is 0. The molecule has 0 aromatic carbocycles. The van der Waals surface area contributed by atoms with Gasteiger partial charge in [0.25, 0.3) is 0 Å². The van der Waals surface area contributed by atoms with Crippen LogP contribution in [-0.2, 0) is 4.74 Å². The van der Waals surface area contributed by atoms with Gasteiger partial charge < -0.3 is 9.84 Å². The lowest BCUT2D eigenvalue weighted by Gasteiger charge is -2.46. The molecule has 3 heteroatoms. The number of fused-ring (bicyclic) bond motifs is 2. The van der Waals surface area contributed by atoms with Crippen molar-refractivity contribution in [3.05, 3.63) is 0 Å². The summed E-state index contributed by atoms with van der Waals surface area (Å²) in [4.78, 5) is 2.08. The van der Waals surface area contributed by atoms with Gasteiger partial charge >= 0.3 is 0 Å². The van der Waals surface area contributed by atoms with Crippen molar-refractivity contribution in [2.45, 2.75) is 38.4 Å². The average Bonchev–Trinajstić information content (AvgIpc) is 2.63. The Kier molecular flexibility index (Phi) is 1.85. The van der Waals surface area contributed by atoms with E-state index in [2.05, 4.69) is 18.7 Å². The van der Waals surface area contributed by atoms with E-state index in [0.29, 0.717) is 18.1 Å². The van der Waals surface area contributed by atoms with Crippen LogP contribution in [0.5, 0.6) is 0 Å². The molecule has 3 aliphatic rings. The zero-order valence-electron chi connectivity index (χ0n) is 9.86. The first-order chi connectivity index (χ1) is 6.93. The Balaban J connectivity index is 1.81. The molecule has 1 N–H and O–H groups in total. The Hall–Kier alpha value is -0.120. The third-order valence-corrected chi connectivity index (χ3v) is 4.97. The maximum atomic E-state index is 10.6. The highest BCUT2D eigenvalue weighted by Crippen LogP contribution is 2.67. The molecular formula is C12H21NO2. The fourth-order valence-electron chi connectivity index (χ4n) is 3.81. The maximum Gasteiger partial charge on any atom is 0.104 e. The number of hydrogen-bond acceptors (Lipinski definition) is 3. The van der Waals surface area contributed by atoms with Gasteiger partial charge in [0.15, 0.2) is 0 Å². The first kappa shape index (κ1) is 10.1. The van der Waals surface area contributed by atoms with Gasteiger partial charge in [-0.1, -0.05) is 13.8 Å². The molecule has 3 nitrogen and oxygen atoms in total. The van der Waals surface area contributed by atoms with Crippen molar-refractivity contribution < 1.29 is 9.84 Å². The molecule has 0 aromatic heterocycles. The number of likely N-dealkylation sites (N-methyl/N-ethyl adjacent to an activating group) is 1. The van der Waals surface area contributed by atoms with E-state index in [4.69, 9.17) is 4.74 Å². The zero-order chi connectivity index (χ0) is 10.8. The molecule has 3 rings (SSSR count). The van der Waals surface area contributed by atoms with Crippen LogP contribution in [0.3, 0.4) is 0 Å². The van der Waals surface area contributed by atoms with E-state index in [1.807, 2.05) is 7.05 Å². The van der Waals surface area contributed by atoms with Gasteiger partial charge in [0.05, 0.1) is 12.8 Å². The molecule has 1 heterocycles. The first-order valence-electron chi connectivity index (χ1n) is 5.96. The SMILES string of the molecule is CN1CO[C@@H]2C[C@@H]3[C@H](C[C@@]2(O)C1)C3(C)C. The summed E-state index contributed by atoms with van der Waals surface area (Å²) in [5.74, 6) is 1.50. The van der Waals surface area contributed by atoms with Gasteiger partial charge in [-0.05, 0) is 37.1 Å². The lowest BCUT2D eigenvalue weighted by atomic mass is 9.81. The molecular weight excluding hydrogens is 190 g/mol. The summed E-state index contributed by atoms with van der Waals surface area (Å²) in [6.45, 7) is 6.10. The average molecular weight is 211 g/mol. The van der Waals surface area contributed by atoms with E-state index in [0.717, 1.165) is 25.3 Å². The molecule has 4 atom stereocenters. The summed E-state index contributed by atoms with van der Waals surface area (Å²) < 4.78 is 5.76. The quantitative estimate of drug-likeness (QED) is 0.650. The van der Waals surface area contributed by atoms with Gasteiger partial charge in [-0.2, -0.15) is 0 Å². The minimum Gasteiger partial charge on any atom is -0.386 e. The van der Waals surface area contributed by atoms with Gasteiger partial charge in [-0.3, -0.25) is 4.90 Å². The second kappa shape index (κ2) is 2.76. The molecule has 0 bridgehead atoms. The van der Waals surface area contributed by atoms with E-state index in [1.54, 1.807) is 0 Å². The van der Waals surface area contributed by atoms with Crippen LogP contribution >= 0.6 is 0 Å². The maximum absolute atomic E-state index is 10.6. The number of ether oxygens (including phenoxy) is 1. The van der Waals surface area contributed by atoms with E-state index in [9.17, 15) is 5.11 Å². The van der Waals surface area contributed by atoms with Crippen molar-refractivity contribution in [3.63, 3.8) is 0 Å². The van der Waals surface area contributed by atoms with Crippen LogP contribution in [-0.4, -0.2) is 42.0 Å². The monoisotopic (exact) mass is 211 g/mol. The molecule has 0 unspecified atom stereocenters. The van der Waals surface area contributed by atoms with Crippen molar-refractivity contribution in [3.8, 4) is 0 Å². The van der Waals surface area contributed by atoms with Crippen molar-refractivity contribution >= 4 is 0 Å². The molecule has 0 spiro atoms. The topological polar surface area (TPSA) is 32.7 Å². The number of aliphatic hydroxyl groups is 1. The van der Waals surface area contributed by atoms with Crippen LogP contribution < -0.4 is 0 Å². The second-order valence-electron chi connectivity index (χ2n) is 6.38. The van der Waals surface area contributed by atoms with Gasteiger partial charge in [-0.25, -0.2) is 0 Å². The third kappa shape index (κ3) is 1.30. The van der Waals surface area contributed by atoms with Crippen LogP contribution in [0, 0.1) is 17.3 Å². The van der Waals surface area contributed by atoms with Crippen molar-refractivity contribution in [2.75, 3.05) is 20.3 Å². The molecule has 15 heavy (non-hydrogen) atoms. The van der Waals surface area contributed by atoms with Gasteiger partial charge in [-0.15, -0.1) is 0 Å². The summed E-state index contributed by atoms with van der Waals surface area (Å²) in [5, 5.41) is 10.6. The van der Waals surface area contributed by atoms with E-state index in [1.165, 1.54) is 0 Å². The summed E-state index contributed by atoms with van der Waals surface area (Å²) in [7, 11) is 2.01. The molecule has 3 fully saturated rings. The Bertz CT molecular complexity index is 291. The van der Waals surface area contributed by atoms with Crippen LogP contribution in [0.4, 0.5) is 0 Å². The van der Waals surface area contributed by atoms with Gasteiger partial charge in [0.2, 0.25) is 0 Å². The highest BCUT2D eigenvalue weighted by atomic mass is 16.5. The molecule has 2 saturated carbocycles. The summed E-state index contributed by atoms with van der Waals surface area (Å²) in [6.07, 6.45) is 2.07. The Morgan fingerprint density at radius 3 is 2.80 bits per heavy atom. The van der Waals surface area contributed by atoms with Crippen LogP contribution in [0.25, 0.3) is 0 Å². The van der Waals surface area contributed by atoms with Gasteiger partial charge in [0, 0.05) is 6.54 Å². The second-order valence-corrected chi connectivity index (χ2v) is 6.38. The molecule has 0 radical (unpaired) electrons. The van der Waals surface area contributed by atoms with Crippen molar-refractivity contribution in [2.24, 2.45) is 17.3 Å². The standard InChI is InChI=1S/C12H21NO2/c1-11(2)8-4-10-12(14,5-9(8)11)6-13(3)7-15-10/h8-10,14H,4-7H2,1-3H3/t8-,9+,10-,12-/m1/s1. The molecule has 0 amide bonds. The minimum absolute atomic E-state index is 0.0803. The lowest BCUT2D eigenvalue weighted by molar-refractivity contribution is -0.201. The Morgan fingerprint density at radius 1 is 1.33 bits per heavy atom. The third-order valence-electron chi connectivity index (χ3n) is 4.97. The fraction of sp³-hybridized carbons (Fsp3) is 1.00. The molecule has 1 aliphatic heterocycles. The number of hydrogen-bond donors (Lipinski definition) is 1. The van der Waals surface area contributed by atoms with Crippen LogP contribution in [0.15, 0.2) is 0 Å². The molecule has 0 aromatic rings. The Morgan fingerprint density at radius 2 is 2.07 bits per heavy atom. The van der Waals surface area contributed by atoms with Crippen molar-refractivity contribution in [1.29, 1.82) is 0 Å². The summed E-state index contributed by atoms with van der Waals surface area (Å²) in [6, 6.07) is 0. The highest BCUT2D eigenvalue weighted by Gasteiger charge is 2.65. The smallest absolute Gasteiger partial charge is 0.104 e. The normalized spacial score (nSPS) is 53.2. The van der Waals surface area contributed by atoms with E-state index < -0.39 is 5.60 Å². The van der Waals surface area contributed by atoms with Gasteiger partial charge in [0.1, 0.15) is 5.60 Å². The molecule has 2 aliphatic carbocycles. The summed E-state index contributed by atoms with van der Waals surface area (Å²) >= 11 is 0. The Labute approximate surface area is 91.4 Å². The largest absolute Gasteiger partial charge is 0.386 e. The fourth-order valence-corrected chi connectivity index (χ4v) is 3.81. The van der Waals surface area contributed by atoms with Crippen LogP contribution in [0.2, 0.25) is 0 Å². The predicted molar refractivity (Wildman–Crippen MR) is 57.3 cm³/mol. The van der Waals surface area contributed by atoms with E-state index >= 15 is 0 Å². The lowest BCUT2D eigenvalue weighted by Crippen LogP contribution is -2.58. The molecule has 86 valence electrons. The minimum atomic E-state index is -0.581. The van der Waals surface area contributed by atoms with Crippen LogP contribution in [0.1, 0.15) is 26.7 Å². The summed E-state index contributed by atoms with van der Waals surface area (Å²) in [5.41, 5.74) is -0.142. The number of nitrogens with zero attached hydrogens (tertiary/aromatic N) is 1. The number of β-amino-alcohol motifs (C(OH)–C–C–N with tert-alkyl or cyclic N) is 1. The van der Waals surface area contributed by atoms with Crippen molar-refractivity contribution in [1.82, 2.24) is 4.90 Å². The first-order valence-corrected chi connectivity index (χ1v) is 5.96.